The van der Waals surface area contributed by atoms with Gasteiger partial charge in [-0.05, 0) is 25.1 Å². The van der Waals surface area contributed by atoms with Crippen molar-refractivity contribution in [2.75, 3.05) is 11.9 Å². The van der Waals surface area contributed by atoms with E-state index in [1.165, 1.54) is 0 Å². The Morgan fingerprint density at radius 3 is 2.75 bits per heavy atom. The highest BCUT2D eigenvalue weighted by Gasteiger charge is 2.25. The van der Waals surface area contributed by atoms with Crippen molar-refractivity contribution in [2.45, 2.75) is 6.92 Å². The third-order valence-electron chi connectivity index (χ3n) is 2.53. The van der Waals surface area contributed by atoms with Crippen molar-refractivity contribution in [1.82, 2.24) is 9.97 Å². The summed E-state index contributed by atoms with van der Waals surface area (Å²) < 4.78 is 27.0. The van der Waals surface area contributed by atoms with Crippen LogP contribution in [0.1, 0.15) is 6.92 Å². The Labute approximate surface area is 112 Å². The van der Waals surface area contributed by atoms with Crippen molar-refractivity contribution in [3.63, 3.8) is 0 Å². The monoisotopic (exact) mass is 280 g/mol. The first-order chi connectivity index (χ1) is 9.54. The molecule has 0 saturated heterocycles. The van der Waals surface area contributed by atoms with E-state index in [9.17, 15) is 18.9 Å². The average Bonchev–Trinajstić information content (AvgIpc) is 2.41. The molecule has 2 rings (SSSR count). The predicted molar refractivity (Wildman–Crippen MR) is 68.2 cm³/mol. The van der Waals surface area contributed by atoms with Crippen molar-refractivity contribution >= 4 is 11.5 Å². The Morgan fingerprint density at radius 1 is 1.35 bits per heavy atom. The molecule has 0 aliphatic carbocycles. The number of anilines is 1. The van der Waals surface area contributed by atoms with Gasteiger partial charge in [0.1, 0.15) is 18.0 Å². The molecule has 104 valence electrons. The summed E-state index contributed by atoms with van der Waals surface area (Å²) in [7, 11) is 0. The van der Waals surface area contributed by atoms with Crippen LogP contribution in [0, 0.1) is 21.7 Å². The third-order valence-corrected chi connectivity index (χ3v) is 2.53. The average molecular weight is 280 g/mol. The summed E-state index contributed by atoms with van der Waals surface area (Å²) in [6, 6.07) is 2.68. The van der Waals surface area contributed by atoms with Gasteiger partial charge in [0.2, 0.25) is 5.82 Å². The molecule has 1 aromatic carbocycles. The van der Waals surface area contributed by atoms with Gasteiger partial charge in [-0.15, -0.1) is 0 Å². The summed E-state index contributed by atoms with van der Waals surface area (Å²) in [6.45, 7) is 2.12. The highest BCUT2D eigenvalue weighted by Crippen LogP contribution is 2.34. The van der Waals surface area contributed by atoms with E-state index in [-0.39, 0.29) is 17.1 Å². The first kappa shape index (κ1) is 13.8. The van der Waals surface area contributed by atoms with Gasteiger partial charge in [-0.25, -0.2) is 18.7 Å². The van der Waals surface area contributed by atoms with Crippen LogP contribution in [0.3, 0.4) is 0 Å². The fourth-order valence-electron chi connectivity index (χ4n) is 1.72. The maximum Gasteiger partial charge on any atom is 0.337 e. The highest BCUT2D eigenvalue weighted by atomic mass is 19.1. The second-order valence-corrected chi connectivity index (χ2v) is 3.83. The minimum absolute atomic E-state index is 0.0360. The van der Waals surface area contributed by atoms with Crippen molar-refractivity contribution in [3.8, 4) is 11.3 Å². The molecular weight excluding hydrogens is 270 g/mol. The number of nitrogens with zero attached hydrogens (tertiary/aromatic N) is 3. The first-order valence-corrected chi connectivity index (χ1v) is 5.73. The molecule has 0 amide bonds. The molecule has 0 spiro atoms. The summed E-state index contributed by atoms with van der Waals surface area (Å²) in [6.07, 6.45) is 1.06. The normalized spacial score (nSPS) is 10.3. The second kappa shape index (κ2) is 5.55. The zero-order valence-corrected chi connectivity index (χ0v) is 10.4. The van der Waals surface area contributed by atoms with Crippen molar-refractivity contribution in [1.29, 1.82) is 0 Å². The van der Waals surface area contributed by atoms with E-state index >= 15 is 0 Å². The lowest BCUT2D eigenvalue weighted by Gasteiger charge is -2.07. The molecule has 0 unspecified atom stereocenters. The SMILES string of the molecule is CCNc1ncnc(-c2cc(F)ccc2F)c1[N+](=O)[O-]. The number of nitrogens with one attached hydrogen (secondary N) is 1. The van der Waals surface area contributed by atoms with Gasteiger partial charge in [-0.2, -0.15) is 0 Å². The lowest BCUT2D eigenvalue weighted by molar-refractivity contribution is -0.383. The maximum absolute atomic E-state index is 13.7. The van der Waals surface area contributed by atoms with Crippen LogP contribution >= 0.6 is 0 Å². The van der Waals surface area contributed by atoms with E-state index in [2.05, 4.69) is 15.3 Å². The Balaban J connectivity index is 2.70. The Morgan fingerprint density at radius 2 is 2.10 bits per heavy atom. The largest absolute Gasteiger partial charge is 0.365 e. The summed E-state index contributed by atoms with van der Waals surface area (Å²) in [5, 5.41) is 13.8. The Kier molecular flexibility index (Phi) is 3.83. The topological polar surface area (TPSA) is 81.0 Å². The molecule has 20 heavy (non-hydrogen) atoms. The lowest BCUT2D eigenvalue weighted by Crippen LogP contribution is -2.06. The quantitative estimate of drug-likeness (QED) is 0.688. The van der Waals surface area contributed by atoms with Crippen LogP contribution in [0.5, 0.6) is 0 Å². The van der Waals surface area contributed by atoms with Gasteiger partial charge < -0.3 is 5.32 Å². The molecule has 0 bridgehead atoms. The number of aromatic nitrogens is 2. The third kappa shape index (κ3) is 2.53. The van der Waals surface area contributed by atoms with Crippen molar-refractivity contribution in [3.05, 3.63) is 46.3 Å². The number of rotatable bonds is 4. The number of halogens is 2. The van der Waals surface area contributed by atoms with Crippen LogP contribution in [0.4, 0.5) is 20.3 Å². The molecule has 1 heterocycles. The highest BCUT2D eigenvalue weighted by molar-refractivity contribution is 5.76. The van der Waals surface area contributed by atoms with E-state index < -0.39 is 22.2 Å². The minimum atomic E-state index is -0.796. The molecule has 8 heteroatoms. The fraction of sp³-hybridized carbons (Fsp3) is 0.167. The molecule has 0 aliphatic rings. The molecule has 0 aliphatic heterocycles. The van der Waals surface area contributed by atoms with Gasteiger partial charge >= 0.3 is 5.69 Å². The van der Waals surface area contributed by atoms with Crippen LogP contribution in [0.25, 0.3) is 11.3 Å². The molecule has 1 N–H and O–H groups in total. The van der Waals surface area contributed by atoms with Gasteiger partial charge in [0.05, 0.1) is 4.92 Å². The van der Waals surface area contributed by atoms with E-state index in [0.29, 0.717) is 6.54 Å². The van der Waals surface area contributed by atoms with Crippen LogP contribution in [-0.2, 0) is 0 Å². The van der Waals surface area contributed by atoms with Crippen LogP contribution in [0.15, 0.2) is 24.5 Å². The fourth-order valence-corrected chi connectivity index (χ4v) is 1.72. The summed E-state index contributed by atoms with van der Waals surface area (Å²) in [5.41, 5.74) is -1.03. The smallest absolute Gasteiger partial charge is 0.337 e. The molecular formula is C12H10F2N4O2. The lowest BCUT2D eigenvalue weighted by atomic mass is 10.1. The molecule has 2 aromatic rings. The minimum Gasteiger partial charge on any atom is -0.365 e. The van der Waals surface area contributed by atoms with E-state index in [0.717, 1.165) is 24.5 Å². The second-order valence-electron chi connectivity index (χ2n) is 3.83. The van der Waals surface area contributed by atoms with Gasteiger partial charge in [0.15, 0.2) is 5.69 Å². The number of benzene rings is 1. The Bertz CT molecular complexity index is 664. The molecule has 0 radical (unpaired) electrons. The zero-order valence-electron chi connectivity index (χ0n) is 10.4. The van der Waals surface area contributed by atoms with Crippen LogP contribution in [-0.4, -0.2) is 21.4 Å². The van der Waals surface area contributed by atoms with E-state index in [1.807, 2.05) is 0 Å². The van der Waals surface area contributed by atoms with Crippen LogP contribution < -0.4 is 5.32 Å². The molecule has 0 atom stereocenters. The summed E-state index contributed by atoms with van der Waals surface area (Å²) >= 11 is 0. The zero-order chi connectivity index (χ0) is 14.7. The molecule has 1 aromatic heterocycles. The summed E-state index contributed by atoms with van der Waals surface area (Å²) in [4.78, 5) is 17.9. The van der Waals surface area contributed by atoms with Gasteiger partial charge in [-0.3, -0.25) is 10.1 Å². The molecule has 6 nitrogen and oxygen atoms in total. The number of hydrogen-bond acceptors (Lipinski definition) is 5. The number of nitro groups is 1. The van der Waals surface area contributed by atoms with Crippen LogP contribution in [0.2, 0.25) is 0 Å². The van der Waals surface area contributed by atoms with Gasteiger partial charge in [0.25, 0.3) is 0 Å². The van der Waals surface area contributed by atoms with E-state index in [4.69, 9.17) is 0 Å². The van der Waals surface area contributed by atoms with E-state index in [1.54, 1.807) is 6.92 Å². The molecule has 0 fully saturated rings. The first-order valence-electron chi connectivity index (χ1n) is 5.73. The van der Waals surface area contributed by atoms with Gasteiger partial charge in [0, 0.05) is 12.1 Å². The molecule has 0 saturated carbocycles. The summed E-state index contributed by atoms with van der Waals surface area (Å²) in [5.74, 6) is -1.54. The van der Waals surface area contributed by atoms with Crippen molar-refractivity contribution in [2.24, 2.45) is 0 Å². The maximum atomic E-state index is 13.7. The Hall–Kier alpha value is -2.64. The predicted octanol–water partition coefficient (Wildman–Crippen LogP) is 2.76. The van der Waals surface area contributed by atoms with Gasteiger partial charge in [-0.1, -0.05) is 0 Å². The number of hydrogen-bond donors (Lipinski definition) is 1. The standard InChI is InChI=1S/C12H10F2N4O2/c1-2-15-12-11(18(19)20)10(16-6-17-12)8-5-7(13)3-4-9(8)14/h3-6H,2H2,1H3,(H,15,16,17). The van der Waals surface area contributed by atoms with Crippen molar-refractivity contribution < 1.29 is 13.7 Å².